The summed E-state index contributed by atoms with van der Waals surface area (Å²) < 4.78 is 1.19. The van der Waals surface area contributed by atoms with Crippen LogP contribution in [-0.4, -0.2) is 0 Å². The Kier molecular flexibility index (Phi) is 3.56. The molecule has 1 heteroatoms. The quantitative estimate of drug-likeness (QED) is 0.666. The van der Waals surface area contributed by atoms with Crippen molar-refractivity contribution in [1.29, 1.82) is 0 Å². The molecule has 1 aliphatic carbocycles. The van der Waals surface area contributed by atoms with Crippen molar-refractivity contribution in [2.45, 2.75) is 26.2 Å². The Balaban J connectivity index is 2.14. The van der Waals surface area contributed by atoms with Crippen LogP contribution in [0.5, 0.6) is 0 Å². The number of rotatable bonds is 3. The van der Waals surface area contributed by atoms with Crippen LogP contribution in [0, 0.1) is 0 Å². The molecule has 0 bridgehead atoms. The van der Waals surface area contributed by atoms with Gasteiger partial charge in [-0.1, -0.05) is 77.3 Å². The maximum absolute atomic E-state index is 3.72. The molecule has 0 heterocycles. The first-order chi connectivity index (χ1) is 9.29. The average molecular weight is 313 g/mol. The van der Waals surface area contributed by atoms with Crippen LogP contribution in [0.1, 0.15) is 30.9 Å². The molecule has 96 valence electrons. The number of halogens is 1. The fourth-order valence-corrected chi connectivity index (χ4v) is 3.41. The maximum Gasteiger partial charge on any atom is 0.0259 e. The molecule has 0 amide bonds. The van der Waals surface area contributed by atoms with Gasteiger partial charge >= 0.3 is 0 Å². The molecule has 3 rings (SSSR count). The Bertz CT molecular complexity index is 624. The van der Waals surface area contributed by atoms with E-state index in [0.717, 1.165) is 6.42 Å². The molecule has 0 fully saturated rings. The van der Waals surface area contributed by atoms with Crippen LogP contribution in [-0.2, 0) is 6.42 Å². The molecule has 0 N–H and O–H groups in total. The van der Waals surface area contributed by atoms with Crippen LogP contribution in [0.3, 0.4) is 0 Å². The standard InChI is InChI=1S/C18H17Br/c1-2-6-13-11-15-9-10-17(19)18(16(15)12-13)14-7-4-3-5-8-14/h3-5,7-10,12H,2,6,11H2,1H3. The summed E-state index contributed by atoms with van der Waals surface area (Å²) in [6.45, 7) is 2.25. The SMILES string of the molecule is CCCC1=Cc2c(ccc(Br)c2-c2ccccc2)C1. The summed E-state index contributed by atoms with van der Waals surface area (Å²) in [4.78, 5) is 0. The van der Waals surface area contributed by atoms with Crippen molar-refractivity contribution in [3.05, 3.63) is 63.6 Å². The highest BCUT2D eigenvalue weighted by Crippen LogP contribution is 2.39. The second-order valence-corrected chi connectivity index (χ2v) is 5.94. The second-order valence-electron chi connectivity index (χ2n) is 5.09. The van der Waals surface area contributed by atoms with Gasteiger partial charge in [0.1, 0.15) is 0 Å². The predicted octanol–water partition coefficient (Wildman–Crippen LogP) is 5.86. The van der Waals surface area contributed by atoms with Crippen LogP contribution in [0.2, 0.25) is 0 Å². The Morgan fingerprint density at radius 3 is 2.58 bits per heavy atom. The third-order valence-electron chi connectivity index (χ3n) is 3.68. The van der Waals surface area contributed by atoms with E-state index in [1.165, 1.54) is 39.6 Å². The van der Waals surface area contributed by atoms with Crippen molar-refractivity contribution in [1.82, 2.24) is 0 Å². The number of hydrogen-bond acceptors (Lipinski definition) is 0. The van der Waals surface area contributed by atoms with E-state index >= 15 is 0 Å². The van der Waals surface area contributed by atoms with E-state index in [1.807, 2.05) is 0 Å². The first-order valence-electron chi connectivity index (χ1n) is 6.86. The number of benzene rings is 2. The molecule has 0 aromatic heterocycles. The van der Waals surface area contributed by atoms with E-state index in [-0.39, 0.29) is 0 Å². The van der Waals surface area contributed by atoms with Gasteiger partial charge < -0.3 is 0 Å². The van der Waals surface area contributed by atoms with E-state index < -0.39 is 0 Å². The van der Waals surface area contributed by atoms with Crippen molar-refractivity contribution in [2.24, 2.45) is 0 Å². The smallest absolute Gasteiger partial charge is 0.0259 e. The maximum atomic E-state index is 3.72. The molecule has 0 unspecified atom stereocenters. The molecule has 19 heavy (non-hydrogen) atoms. The minimum absolute atomic E-state index is 1.12. The third kappa shape index (κ3) is 2.40. The lowest BCUT2D eigenvalue weighted by atomic mass is 9.97. The van der Waals surface area contributed by atoms with Crippen LogP contribution < -0.4 is 0 Å². The number of hydrogen-bond donors (Lipinski definition) is 0. The topological polar surface area (TPSA) is 0 Å². The zero-order chi connectivity index (χ0) is 13.2. The summed E-state index contributed by atoms with van der Waals surface area (Å²) >= 11 is 3.72. The highest BCUT2D eigenvalue weighted by Gasteiger charge is 2.18. The van der Waals surface area contributed by atoms with Crippen LogP contribution in [0.15, 0.2) is 52.5 Å². The van der Waals surface area contributed by atoms with Crippen molar-refractivity contribution in [2.75, 3.05) is 0 Å². The van der Waals surface area contributed by atoms with Crippen molar-refractivity contribution in [3.63, 3.8) is 0 Å². The Morgan fingerprint density at radius 2 is 1.84 bits per heavy atom. The molecule has 2 aromatic rings. The molecule has 2 aromatic carbocycles. The van der Waals surface area contributed by atoms with E-state index in [2.05, 4.69) is 71.4 Å². The fourth-order valence-electron chi connectivity index (χ4n) is 2.83. The number of fused-ring (bicyclic) bond motifs is 1. The average Bonchev–Trinajstić information content (AvgIpc) is 2.82. The van der Waals surface area contributed by atoms with Gasteiger partial charge in [-0.05, 0) is 35.6 Å². The summed E-state index contributed by atoms with van der Waals surface area (Å²) in [5.74, 6) is 0. The van der Waals surface area contributed by atoms with E-state index in [0.29, 0.717) is 0 Å². The first-order valence-corrected chi connectivity index (χ1v) is 7.65. The molecule has 0 spiro atoms. The van der Waals surface area contributed by atoms with Crippen molar-refractivity contribution < 1.29 is 0 Å². The molecule has 1 aliphatic rings. The molecule has 0 saturated carbocycles. The van der Waals surface area contributed by atoms with Gasteiger partial charge in [0, 0.05) is 10.0 Å². The number of allylic oxidation sites excluding steroid dienone is 1. The summed E-state index contributed by atoms with van der Waals surface area (Å²) in [6, 6.07) is 15.1. The second kappa shape index (κ2) is 5.34. The van der Waals surface area contributed by atoms with Gasteiger partial charge in [-0.3, -0.25) is 0 Å². The largest absolute Gasteiger partial charge is 0.0652 e. The van der Waals surface area contributed by atoms with Gasteiger partial charge in [0.25, 0.3) is 0 Å². The summed E-state index contributed by atoms with van der Waals surface area (Å²) in [6.07, 6.45) is 5.95. The predicted molar refractivity (Wildman–Crippen MR) is 86.2 cm³/mol. The molecule has 0 radical (unpaired) electrons. The van der Waals surface area contributed by atoms with E-state index in [4.69, 9.17) is 0 Å². The van der Waals surface area contributed by atoms with Gasteiger partial charge in [0.2, 0.25) is 0 Å². The minimum Gasteiger partial charge on any atom is -0.0652 e. The third-order valence-corrected chi connectivity index (χ3v) is 4.35. The van der Waals surface area contributed by atoms with Gasteiger partial charge in [-0.2, -0.15) is 0 Å². The Labute approximate surface area is 123 Å². The van der Waals surface area contributed by atoms with E-state index in [9.17, 15) is 0 Å². The van der Waals surface area contributed by atoms with Crippen LogP contribution in [0.4, 0.5) is 0 Å². The van der Waals surface area contributed by atoms with Crippen LogP contribution >= 0.6 is 15.9 Å². The fraction of sp³-hybridized carbons (Fsp3) is 0.222. The summed E-state index contributed by atoms with van der Waals surface area (Å²) in [7, 11) is 0. The highest BCUT2D eigenvalue weighted by molar-refractivity contribution is 9.10. The molecular formula is C18H17Br. The highest BCUT2D eigenvalue weighted by atomic mass is 79.9. The van der Waals surface area contributed by atoms with Gasteiger partial charge in [0.05, 0.1) is 0 Å². The van der Waals surface area contributed by atoms with Gasteiger partial charge in [-0.25, -0.2) is 0 Å². The molecule has 0 nitrogen and oxygen atoms in total. The lowest BCUT2D eigenvalue weighted by Gasteiger charge is -2.10. The Morgan fingerprint density at radius 1 is 1.05 bits per heavy atom. The normalized spacial score (nSPS) is 13.3. The van der Waals surface area contributed by atoms with Crippen molar-refractivity contribution >= 4 is 22.0 Å². The van der Waals surface area contributed by atoms with Gasteiger partial charge in [0.15, 0.2) is 0 Å². The first kappa shape index (κ1) is 12.7. The molecule has 0 aliphatic heterocycles. The zero-order valence-corrected chi connectivity index (χ0v) is 12.7. The summed E-state index contributed by atoms with van der Waals surface area (Å²) in [5.41, 5.74) is 7.06. The lowest BCUT2D eigenvalue weighted by Crippen LogP contribution is -1.89. The Hall–Kier alpha value is -1.34. The van der Waals surface area contributed by atoms with Crippen molar-refractivity contribution in [3.8, 4) is 11.1 Å². The van der Waals surface area contributed by atoms with Crippen LogP contribution in [0.25, 0.3) is 17.2 Å². The lowest BCUT2D eigenvalue weighted by molar-refractivity contribution is 0.886. The monoisotopic (exact) mass is 312 g/mol. The van der Waals surface area contributed by atoms with Gasteiger partial charge in [-0.15, -0.1) is 0 Å². The molecular weight excluding hydrogens is 296 g/mol. The molecule has 0 saturated heterocycles. The zero-order valence-electron chi connectivity index (χ0n) is 11.1. The minimum atomic E-state index is 1.12. The molecule has 0 atom stereocenters. The van der Waals surface area contributed by atoms with E-state index in [1.54, 1.807) is 5.57 Å². The summed E-state index contributed by atoms with van der Waals surface area (Å²) in [5, 5.41) is 0.